The molecule has 6 heteroatoms. The highest BCUT2D eigenvalue weighted by molar-refractivity contribution is 7.11. The van der Waals surface area contributed by atoms with Crippen molar-refractivity contribution in [2.75, 3.05) is 19.6 Å². The summed E-state index contributed by atoms with van der Waals surface area (Å²) in [7, 11) is 0. The highest BCUT2D eigenvalue weighted by Crippen LogP contribution is 2.32. The number of nitrogens with one attached hydrogen (secondary N) is 1. The molecular weight excluding hydrogens is 298 g/mol. The molecule has 2 aliphatic rings. The lowest BCUT2D eigenvalue weighted by Gasteiger charge is -2.38. The van der Waals surface area contributed by atoms with Crippen LogP contribution in [0.5, 0.6) is 0 Å². The topological polar surface area (TPSA) is 65.5 Å². The van der Waals surface area contributed by atoms with E-state index in [9.17, 15) is 9.90 Å². The predicted molar refractivity (Wildman–Crippen MR) is 86.8 cm³/mol. The quantitative estimate of drug-likeness (QED) is 0.835. The smallest absolute Gasteiger partial charge is 0.255 e. The molecule has 1 aromatic rings. The van der Waals surface area contributed by atoms with Crippen molar-refractivity contribution in [2.45, 2.75) is 51.7 Å². The maximum Gasteiger partial charge on any atom is 0.255 e. The van der Waals surface area contributed by atoms with Gasteiger partial charge in [0, 0.05) is 31.1 Å². The van der Waals surface area contributed by atoms with Gasteiger partial charge < -0.3 is 15.3 Å². The Morgan fingerprint density at radius 1 is 1.45 bits per heavy atom. The van der Waals surface area contributed by atoms with Gasteiger partial charge in [0.1, 0.15) is 5.01 Å². The number of aryl methyl sites for hydroxylation is 2. The second-order valence-electron chi connectivity index (χ2n) is 6.68. The largest absolute Gasteiger partial charge is 0.379 e. The summed E-state index contributed by atoms with van der Waals surface area (Å²) in [5, 5.41) is 14.9. The van der Waals surface area contributed by atoms with Crippen molar-refractivity contribution in [1.82, 2.24) is 15.2 Å². The predicted octanol–water partition coefficient (Wildman–Crippen LogP) is 1.61. The lowest BCUT2D eigenvalue weighted by Crippen LogP contribution is -2.58. The van der Waals surface area contributed by atoms with E-state index in [0.29, 0.717) is 25.4 Å². The standard InChI is InChI=1S/C16H25N3O2S/c1-11-12(2)22-14(18-11)8-17-10-16(21)6-3-7-19(15(16)20)9-13-4-5-13/h13,17,21H,3-10H2,1-2H3. The Bertz CT molecular complexity index is 536. The molecule has 5 nitrogen and oxygen atoms in total. The first-order valence-electron chi connectivity index (χ1n) is 8.13. The minimum atomic E-state index is -1.24. The third-order valence-corrected chi connectivity index (χ3v) is 5.72. The number of piperidine rings is 1. The lowest BCUT2D eigenvalue weighted by atomic mass is 9.91. The second-order valence-corrected chi connectivity index (χ2v) is 7.97. The minimum absolute atomic E-state index is 0.0929. The van der Waals surface area contributed by atoms with Gasteiger partial charge in [0.2, 0.25) is 0 Å². The van der Waals surface area contributed by atoms with Crippen molar-refractivity contribution in [1.29, 1.82) is 0 Å². The molecule has 2 heterocycles. The molecule has 1 aliphatic carbocycles. The molecule has 2 N–H and O–H groups in total. The van der Waals surface area contributed by atoms with Crippen LogP contribution in [0.2, 0.25) is 0 Å². The third-order valence-electron chi connectivity index (χ3n) is 4.65. The Balaban J connectivity index is 1.54. The van der Waals surface area contributed by atoms with E-state index >= 15 is 0 Å². The van der Waals surface area contributed by atoms with Gasteiger partial charge in [0.25, 0.3) is 5.91 Å². The van der Waals surface area contributed by atoms with E-state index in [1.165, 1.54) is 17.7 Å². The number of aliphatic hydroxyl groups is 1. The van der Waals surface area contributed by atoms with Gasteiger partial charge in [0.15, 0.2) is 5.60 Å². The molecule has 1 saturated heterocycles. The first kappa shape index (κ1) is 15.9. The van der Waals surface area contributed by atoms with Crippen LogP contribution in [0.25, 0.3) is 0 Å². The molecule has 1 atom stereocenters. The summed E-state index contributed by atoms with van der Waals surface area (Å²) in [6.07, 6.45) is 3.88. The number of carbonyl (C=O) groups excluding carboxylic acids is 1. The molecule has 3 rings (SSSR count). The number of rotatable bonds is 6. The van der Waals surface area contributed by atoms with Gasteiger partial charge in [-0.1, -0.05) is 0 Å². The van der Waals surface area contributed by atoms with Gasteiger partial charge in [0.05, 0.1) is 5.69 Å². The molecule has 22 heavy (non-hydrogen) atoms. The summed E-state index contributed by atoms with van der Waals surface area (Å²) in [5.74, 6) is 0.574. The van der Waals surface area contributed by atoms with E-state index in [1.807, 2.05) is 11.8 Å². The number of aromatic nitrogens is 1. The highest BCUT2D eigenvalue weighted by Gasteiger charge is 2.43. The summed E-state index contributed by atoms with van der Waals surface area (Å²) in [5.41, 5.74) is -0.182. The molecule has 0 aromatic carbocycles. The number of likely N-dealkylation sites (tertiary alicyclic amines) is 1. The van der Waals surface area contributed by atoms with Gasteiger partial charge in [-0.15, -0.1) is 11.3 Å². The number of carbonyl (C=O) groups is 1. The highest BCUT2D eigenvalue weighted by atomic mass is 32.1. The van der Waals surface area contributed by atoms with Crippen LogP contribution in [0.3, 0.4) is 0 Å². The fraction of sp³-hybridized carbons (Fsp3) is 0.750. The molecule has 0 spiro atoms. The van der Waals surface area contributed by atoms with Crippen molar-refractivity contribution >= 4 is 17.2 Å². The van der Waals surface area contributed by atoms with Gasteiger partial charge in [-0.25, -0.2) is 4.98 Å². The van der Waals surface area contributed by atoms with Crippen LogP contribution in [0, 0.1) is 19.8 Å². The third kappa shape index (κ3) is 3.50. The first-order valence-corrected chi connectivity index (χ1v) is 8.95. The lowest BCUT2D eigenvalue weighted by molar-refractivity contribution is -0.156. The number of hydrogen-bond donors (Lipinski definition) is 2. The normalized spacial score (nSPS) is 25.8. The van der Waals surface area contributed by atoms with Gasteiger partial charge >= 0.3 is 0 Å². The molecule has 1 saturated carbocycles. The summed E-state index contributed by atoms with van der Waals surface area (Å²) >= 11 is 1.67. The summed E-state index contributed by atoms with van der Waals surface area (Å²) in [6, 6.07) is 0. The average Bonchev–Trinajstić information content (AvgIpc) is 3.22. The minimum Gasteiger partial charge on any atom is -0.379 e. The molecule has 122 valence electrons. The molecule has 1 amide bonds. The molecular formula is C16H25N3O2S. The van der Waals surface area contributed by atoms with Crippen LogP contribution in [-0.4, -0.2) is 46.1 Å². The van der Waals surface area contributed by atoms with Gasteiger partial charge in [-0.3, -0.25) is 4.79 Å². The van der Waals surface area contributed by atoms with Crippen LogP contribution in [-0.2, 0) is 11.3 Å². The Hall–Kier alpha value is -0.980. The van der Waals surface area contributed by atoms with E-state index in [1.54, 1.807) is 11.3 Å². The van der Waals surface area contributed by atoms with E-state index in [-0.39, 0.29) is 5.91 Å². The summed E-state index contributed by atoms with van der Waals surface area (Å²) < 4.78 is 0. The molecule has 0 radical (unpaired) electrons. The monoisotopic (exact) mass is 323 g/mol. The number of hydrogen-bond acceptors (Lipinski definition) is 5. The maximum absolute atomic E-state index is 12.5. The first-order chi connectivity index (χ1) is 10.5. The van der Waals surface area contributed by atoms with Crippen LogP contribution in [0.4, 0.5) is 0 Å². The fourth-order valence-electron chi connectivity index (χ4n) is 3.01. The zero-order chi connectivity index (χ0) is 15.7. The Morgan fingerprint density at radius 3 is 2.86 bits per heavy atom. The number of nitrogens with zero attached hydrogens (tertiary/aromatic N) is 2. The van der Waals surface area contributed by atoms with Crippen LogP contribution >= 0.6 is 11.3 Å². The van der Waals surface area contributed by atoms with Crippen molar-refractivity contribution in [3.63, 3.8) is 0 Å². The van der Waals surface area contributed by atoms with Crippen LogP contribution in [0.1, 0.15) is 41.3 Å². The van der Waals surface area contributed by atoms with Crippen molar-refractivity contribution in [3.8, 4) is 0 Å². The molecule has 1 unspecified atom stereocenters. The van der Waals surface area contributed by atoms with E-state index in [4.69, 9.17) is 0 Å². The Labute approximate surface area is 135 Å². The van der Waals surface area contributed by atoms with Gasteiger partial charge in [-0.2, -0.15) is 0 Å². The number of amides is 1. The molecule has 2 fully saturated rings. The fourth-order valence-corrected chi connectivity index (χ4v) is 3.91. The molecule has 1 aromatic heterocycles. The van der Waals surface area contributed by atoms with Crippen molar-refractivity contribution in [3.05, 3.63) is 15.6 Å². The molecule has 1 aliphatic heterocycles. The SMILES string of the molecule is Cc1nc(CNCC2(O)CCCN(CC3CC3)C2=O)sc1C. The maximum atomic E-state index is 12.5. The Kier molecular flexibility index (Phi) is 4.52. The van der Waals surface area contributed by atoms with Crippen molar-refractivity contribution in [2.24, 2.45) is 5.92 Å². The van der Waals surface area contributed by atoms with E-state index in [2.05, 4.69) is 17.2 Å². The number of thiazole rings is 1. The van der Waals surface area contributed by atoms with Crippen LogP contribution in [0.15, 0.2) is 0 Å². The zero-order valence-corrected chi connectivity index (χ0v) is 14.2. The summed E-state index contributed by atoms with van der Waals surface area (Å²) in [4.78, 5) is 20.1. The van der Waals surface area contributed by atoms with Crippen molar-refractivity contribution < 1.29 is 9.90 Å². The van der Waals surface area contributed by atoms with E-state index in [0.717, 1.165) is 30.2 Å². The summed E-state index contributed by atoms with van der Waals surface area (Å²) in [6.45, 7) is 6.60. The average molecular weight is 323 g/mol. The zero-order valence-electron chi connectivity index (χ0n) is 13.4. The van der Waals surface area contributed by atoms with E-state index < -0.39 is 5.60 Å². The van der Waals surface area contributed by atoms with Gasteiger partial charge in [-0.05, 0) is 45.4 Å². The second kappa shape index (κ2) is 6.26. The molecule has 0 bridgehead atoms. The van der Waals surface area contributed by atoms with Crippen LogP contribution < -0.4 is 5.32 Å². The Morgan fingerprint density at radius 2 is 2.23 bits per heavy atom.